The van der Waals surface area contributed by atoms with Crippen LogP contribution in [0.5, 0.6) is 0 Å². The Bertz CT molecular complexity index is 2240. The molecule has 0 bridgehead atoms. The van der Waals surface area contributed by atoms with E-state index in [1.807, 2.05) is 0 Å². The molecular weight excluding hydrogens is 583 g/mol. The first kappa shape index (κ1) is 30.0. The van der Waals surface area contributed by atoms with Gasteiger partial charge in [0, 0.05) is 51.3 Å². The number of allylic oxidation sites excluding steroid dienone is 7. The molecule has 0 aliphatic heterocycles. The Labute approximate surface area is 283 Å². The number of fused-ring (bicyclic) bond motifs is 3. The highest BCUT2D eigenvalue weighted by Crippen LogP contribution is 2.36. The van der Waals surface area contributed by atoms with Crippen molar-refractivity contribution < 1.29 is 0 Å². The van der Waals surface area contributed by atoms with Crippen molar-refractivity contribution in [2.45, 2.75) is 44.7 Å². The highest BCUT2D eigenvalue weighted by Gasteiger charge is 2.15. The third-order valence-corrected chi connectivity index (χ3v) is 9.82. The van der Waals surface area contributed by atoms with Gasteiger partial charge >= 0.3 is 0 Å². The van der Waals surface area contributed by atoms with Gasteiger partial charge in [-0.25, -0.2) is 0 Å². The first-order valence-corrected chi connectivity index (χ1v) is 17.2. The SMILES string of the molecule is N[C@@H](CC1=CC=CCC1)c1cccc(-c2ccc3c(c2)c2ccccc2n3Cc2cccc(-c3ccccc3NC3=CC=CCC3)c2)c1. The molecule has 3 heteroatoms. The van der Waals surface area contributed by atoms with E-state index in [0.29, 0.717) is 0 Å². The van der Waals surface area contributed by atoms with Gasteiger partial charge in [-0.2, -0.15) is 0 Å². The molecule has 6 aromatic rings. The molecule has 0 unspecified atom stereocenters. The summed E-state index contributed by atoms with van der Waals surface area (Å²) in [6.45, 7) is 0.790. The average molecular weight is 624 g/mol. The summed E-state index contributed by atoms with van der Waals surface area (Å²) < 4.78 is 2.47. The highest BCUT2D eigenvalue weighted by atomic mass is 15.0. The standard InChI is InChI=1S/C45H41N3/c46-42(28-32-13-3-1-4-14-32)37-18-12-16-34(29-37)35-25-26-45-41(30-35)40-22-8-10-24-44(40)48(45)31-33-15-11-17-36(27-33)39-21-7-9-23-43(39)47-38-19-5-2-6-20-38/h1-3,5,7-13,15-19,21-27,29-30,42,47H,4,6,14,20,28,31,46H2/t42-/m0/s1. The summed E-state index contributed by atoms with van der Waals surface area (Å²) in [5, 5.41) is 6.25. The monoisotopic (exact) mass is 623 g/mol. The third kappa shape index (κ3) is 6.17. The lowest BCUT2D eigenvalue weighted by Crippen LogP contribution is -2.11. The number of hydrogen-bond donors (Lipinski definition) is 2. The van der Waals surface area contributed by atoms with Crippen LogP contribution in [0.3, 0.4) is 0 Å². The number of anilines is 1. The van der Waals surface area contributed by atoms with E-state index < -0.39 is 0 Å². The molecule has 48 heavy (non-hydrogen) atoms. The second kappa shape index (κ2) is 13.4. The summed E-state index contributed by atoms with van der Waals surface area (Å²) in [6, 6.07) is 42.2. The predicted molar refractivity (Wildman–Crippen MR) is 204 cm³/mol. The Morgan fingerprint density at radius 1 is 0.646 bits per heavy atom. The number of rotatable bonds is 9. The minimum atomic E-state index is -0.00615. The fourth-order valence-electron chi connectivity index (χ4n) is 7.32. The molecule has 5 aromatic carbocycles. The molecule has 236 valence electrons. The van der Waals surface area contributed by atoms with Crippen molar-refractivity contribution in [2.24, 2.45) is 5.73 Å². The Kier molecular flexibility index (Phi) is 8.36. The maximum atomic E-state index is 6.74. The molecular formula is C45H41N3. The first-order valence-electron chi connectivity index (χ1n) is 17.2. The number of benzene rings is 5. The molecule has 3 nitrogen and oxygen atoms in total. The van der Waals surface area contributed by atoms with Crippen LogP contribution in [0.4, 0.5) is 5.69 Å². The second-order valence-corrected chi connectivity index (χ2v) is 13.1. The molecule has 1 aromatic heterocycles. The molecule has 0 saturated heterocycles. The summed E-state index contributed by atoms with van der Waals surface area (Å²) in [7, 11) is 0. The third-order valence-electron chi connectivity index (χ3n) is 9.82. The van der Waals surface area contributed by atoms with Gasteiger partial charge in [-0.3, -0.25) is 0 Å². The Hall–Kier alpha value is -5.38. The van der Waals surface area contributed by atoms with E-state index in [9.17, 15) is 0 Å². The first-order chi connectivity index (χ1) is 23.7. The molecule has 2 aliphatic rings. The number of nitrogens with one attached hydrogen (secondary N) is 1. The van der Waals surface area contributed by atoms with Gasteiger partial charge < -0.3 is 15.6 Å². The quantitative estimate of drug-likeness (QED) is 0.168. The van der Waals surface area contributed by atoms with E-state index in [1.165, 1.54) is 66.5 Å². The van der Waals surface area contributed by atoms with Crippen molar-refractivity contribution in [3.05, 3.63) is 174 Å². The summed E-state index contributed by atoms with van der Waals surface area (Å²) in [4.78, 5) is 0. The molecule has 2 aliphatic carbocycles. The molecule has 3 N–H and O–H groups in total. The summed E-state index contributed by atoms with van der Waals surface area (Å²) in [5.74, 6) is 0. The Morgan fingerprint density at radius 3 is 2.29 bits per heavy atom. The predicted octanol–water partition coefficient (Wildman–Crippen LogP) is 11.5. The zero-order valence-corrected chi connectivity index (χ0v) is 27.3. The maximum Gasteiger partial charge on any atom is 0.0494 e. The average Bonchev–Trinajstić information content (AvgIpc) is 3.45. The van der Waals surface area contributed by atoms with Crippen molar-refractivity contribution in [3.8, 4) is 22.3 Å². The van der Waals surface area contributed by atoms with Crippen LogP contribution >= 0.6 is 0 Å². The van der Waals surface area contributed by atoms with Gasteiger partial charge in [-0.05, 0) is 102 Å². The fourth-order valence-corrected chi connectivity index (χ4v) is 7.32. The van der Waals surface area contributed by atoms with E-state index in [0.717, 1.165) is 44.3 Å². The lowest BCUT2D eigenvalue weighted by Gasteiger charge is -2.17. The number of hydrogen-bond acceptors (Lipinski definition) is 2. The van der Waals surface area contributed by atoms with Gasteiger partial charge in [0.05, 0.1) is 0 Å². The van der Waals surface area contributed by atoms with Crippen LogP contribution in [0.2, 0.25) is 0 Å². The molecule has 8 rings (SSSR count). The smallest absolute Gasteiger partial charge is 0.0494 e. The van der Waals surface area contributed by atoms with Crippen LogP contribution in [0.1, 0.15) is 49.3 Å². The van der Waals surface area contributed by atoms with E-state index >= 15 is 0 Å². The summed E-state index contributed by atoms with van der Waals surface area (Å²) in [6.07, 6.45) is 18.4. The van der Waals surface area contributed by atoms with Gasteiger partial charge in [-0.15, -0.1) is 0 Å². The van der Waals surface area contributed by atoms with Gasteiger partial charge in [0.15, 0.2) is 0 Å². The number of aromatic nitrogens is 1. The molecule has 0 radical (unpaired) electrons. The van der Waals surface area contributed by atoms with Gasteiger partial charge in [0.25, 0.3) is 0 Å². The van der Waals surface area contributed by atoms with E-state index in [-0.39, 0.29) is 6.04 Å². The van der Waals surface area contributed by atoms with Crippen molar-refractivity contribution in [1.82, 2.24) is 4.57 Å². The normalized spacial score (nSPS) is 15.0. The van der Waals surface area contributed by atoms with Crippen molar-refractivity contribution in [2.75, 3.05) is 5.32 Å². The Morgan fingerprint density at radius 2 is 1.42 bits per heavy atom. The molecule has 0 amide bonds. The second-order valence-electron chi connectivity index (χ2n) is 13.1. The van der Waals surface area contributed by atoms with Crippen LogP contribution in [0.25, 0.3) is 44.1 Å². The topological polar surface area (TPSA) is 43.0 Å². The largest absolute Gasteiger partial charge is 0.358 e. The van der Waals surface area contributed by atoms with E-state index in [1.54, 1.807) is 0 Å². The molecule has 0 saturated carbocycles. The minimum Gasteiger partial charge on any atom is -0.358 e. The number of nitrogens with zero attached hydrogens (tertiary/aromatic N) is 1. The molecule has 0 fully saturated rings. The van der Waals surface area contributed by atoms with Crippen molar-refractivity contribution >= 4 is 27.5 Å². The maximum absolute atomic E-state index is 6.74. The van der Waals surface area contributed by atoms with Crippen LogP contribution in [-0.4, -0.2) is 4.57 Å². The van der Waals surface area contributed by atoms with E-state index in [2.05, 4.69) is 162 Å². The molecule has 1 heterocycles. The Balaban J connectivity index is 1.11. The molecule has 1 atom stereocenters. The summed E-state index contributed by atoms with van der Waals surface area (Å²) >= 11 is 0. The lowest BCUT2D eigenvalue weighted by atomic mass is 9.92. The van der Waals surface area contributed by atoms with Crippen LogP contribution < -0.4 is 11.1 Å². The fraction of sp³-hybridized carbons (Fsp3) is 0.156. The lowest BCUT2D eigenvalue weighted by molar-refractivity contribution is 0.689. The summed E-state index contributed by atoms with van der Waals surface area (Å²) in [5.41, 5.74) is 20.4. The number of nitrogens with two attached hydrogens (primary N) is 1. The molecule has 0 spiro atoms. The number of para-hydroxylation sites is 2. The van der Waals surface area contributed by atoms with Crippen LogP contribution in [0, 0.1) is 0 Å². The van der Waals surface area contributed by atoms with Crippen molar-refractivity contribution in [3.63, 3.8) is 0 Å². The van der Waals surface area contributed by atoms with Crippen molar-refractivity contribution in [1.29, 1.82) is 0 Å². The van der Waals surface area contributed by atoms with Gasteiger partial charge in [0.2, 0.25) is 0 Å². The minimum absolute atomic E-state index is 0.00615. The van der Waals surface area contributed by atoms with Crippen LogP contribution in [0.15, 0.2) is 163 Å². The van der Waals surface area contributed by atoms with Gasteiger partial charge in [0.1, 0.15) is 0 Å². The van der Waals surface area contributed by atoms with Gasteiger partial charge in [-0.1, -0.05) is 115 Å². The zero-order chi connectivity index (χ0) is 32.3. The highest BCUT2D eigenvalue weighted by molar-refractivity contribution is 6.09. The van der Waals surface area contributed by atoms with Crippen LogP contribution in [-0.2, 0) is 6.54 Å². The zero-order valence-electron chi connectivity index (χ0n) is 27.3. The van der Waals surface area contributed by atoms with E-state index in [4.69, 9.17) is 5.73 Å².